The van der Waals surface area contributed by atoms with E-state index < -0.39 is 10.0 Å². The Labute approximate surface area is 126 Å². The fraction of sp³-hybridized carbons (Fsp3) is 0.571. The molecule has 0 aromatic heterocycles. The minimum Gasteiger partial charge on any atom is -0.397 e. The molecular formula is C14H23N3O3S. The Morgan fingerprint density at radius 2 is 2.05 bits per heavy atom. The van der Waals surface area contributed by atoms with Crippen LogP contribution in [0.5, 0.6) is 0 Å². The van der Waals surface area contributed by atoms with Crippen molar-refractivity contribution in [3.8, 4) is 0 Å². The SMILES string of the molecule is COC1CCC(Nc2cc(S(=O)(=O)N(C)C)ccc2N)C1. The summed E-state index contributed by atoms with van der Waals surface area (Å²) in [5, 5.41) is 3.34. The molecule has 0 radical (unpaired) electrons. The molecule has 0 heterocycles. The number of sulfonamides is 1. The van der Waals surface area contributed by atoms with Gasteiger partial charge >= 0.3 is 0 Å². The summed E-state index contributed by atoms with van der Waals surface area (Å²) in [5.41, 5.74) is 7.17. The second kappa shape index (κ2) is 6.21. The number of anilines is 2. The Balaban J connectivity index is 2.21. The van der Waals surface area contributed by atoms with Gasteiger partial charge in [0.05, 0.1) is 22.4 Å². The van der Waals surface area contributed by atoms with Crippen LogP contribution in [0.2, 0.25) is 0 Å². The third-order valence-electron chi connectivity index (χ3n) is 3.88. The Kier molecular flexibility index (Phi) is 4.75. The predicted molar refractivity (Wildman–Crippen MR) is 83.8 cm³/mol. The molecule has 2 rings (SSSR count). The summed E-state index contributed by atoms with van der Waals surface area (Å²) in [5.74, 6) is 0. The highest BCUT2D eigenvalue weighted by Crippen LogP contribution is 2.29. The van der Waals surface area contributed by atoms with Crippen molar-refractivity contribution in [2.45, 2.75) is 36.3 Å². The minimum absolute atomic E-state index is 0.241. The van der Waals surface area contributed by atoms with Crippen LogP contribution in [0.1, 0.15) is 19.3 Å². The summed E-state index contributed by atoms with van der Waals surface area (Å²) >= 11 is 0. The molecule has 6 nitrogen and oxygen atoms in total. The van der Waals surface area contributed by atoms with Gasteiger partial charge in [0, 0.05) is 27.2 Å². The van der Waals surface area contributed by atoms with Crippen LogP contribution in [0.3, 0.4) is 0 Å². The largest absolute Gasteiger partial charge is 0.397 e. The van der Waals surface area contributed by atoms with Crippen molar-refractivity contribution in [2.24, 2.45) is 0 Å². The average Bonchev–Trinajstić information content (AvgIpc) is 2.88. The summed E-state index contributed by atoms with van der Waals surface area (Å²) in [6.45, 7) is 0. The molecule has 0 bridgehead atoms. The van der Waals surface area contributed by atoms with E-state index in [0.29, 0.717) is 11.4 Å². The van der Waals surface area contributed by atoms with Gasteiger partial charge in [0.1, 0.15) is 0 Å². The summed E-state index contributed by atoms with van der Waals surface area (Å²) in [4.78, 5) is 0.241. The second-order valence-corrected chi connectivity index (χ2v) is 7.70. The van der Waals surface area contributed by atoms with Crippen LogP contribution >= 0.6 is 0 Å². The van der Waals surface area contributed by atoms with Crippen molar-refractivity contribution in [2.75, 3.05) is 32.3 Å². The molecule has 0 spiro atoms. The van der Waals surface area contributed by atoms with Crippen molar-refractivity contribution in [3.63, 3.8) is 0 Å². The van der Waals surface area contributed by atoms with E-state index in [4.69, 9.17) is 10.5 Å². The van der Waals surface area contributed by atoms with Crippen LogP contribution in [-0.2, 0) is 14.8 Å². The number of nitrogens with zero attached hydrogens (tertiary/aromatic N) is 1. The molecule has 3 N–H and O–H groups in total. The average molecular weight is 313 g/mol. The van der Waals surface area contributed by atoms with Crippen LogP contribution in [0, 0.1) is 0 Å². The maximum atomic E-state index is 12.2. The molecular weight excluding hydrogens is 290 g/mol. The molecule has 2 atom stereocenters. The van der Waals surface area contributed by atoms with E-state index in [-0.39, 0.29) is 17.0 Å². The Hall–Kier alpha value is -1.31. The number of nitrogen functional groups attached to an aromatic ring is 1. The molecule has 0 aliphatic heterocycles. The van der Waals surface area contributed by atoms with Crippen molar-refractivity contribution in [1.82, 2.24) is 4.31 Å². The first kappa shape index (κ1) is 16.1. The molecule has 1 fully saturated rings. The zero-order valence-corrected chi connectivity index (χ0v) is 13.5. The van der Waals surface area contributed by atoms with Crippen molar-refractivity contribution in [3.05, 3.63) is 18.2 Å². The van der Waals surface area contributed by atoms with E-state index in [1.54, 1.807) is 19.2 Å². The fourth-order valence-electron chi connectivity index (χ4n) is 2.54. The van der Waals surface area contributed by atoms with Gasteiger partial charge < -0.3 is 15.8 Å². The summed E-state index contributed by atoms with van der Waals surface area (Å²) in [6, 6.07) is 5.02. The fourth-order valence-corrected chi connectivity index (χ4v) is 3.47. The van der Waals surface area contributed by atoms with Gasteiger partial charge in [-0.2, -0.15) is 0 Å². The lowest BCUT2D eigenvalue weighted by Gasteiger charge is -2.18. The maximum Gasteiger partial charge on any atom is 0.242 e. The first-order valence-corrected chi connectivity index (χ1v) is 8.40. The summed E-state index contributed by atoms with van der Waals surface area (Å²) < 4.78 is 30.9. The number of rotatable bonds is 5. The highest BCUT2D eigenvalue weighted by Gasteiger charge is 2.25. The molecule has 1 saturated carbocycles. The molecule has 118 valence electrons. The van der Waals surface area contributed by atoms with E-state index in [2.05, 4.69) is 5.32 Å². The van der Waals surface area contributed by atoms with Crippen LogP contribution in [-0.4, -0.2) is 46.1 Å². The molecule has 21 heavy (non-hydrogen) atoms. The monoisotopic (exact) mass is 313 g/mol. The Morgan fingerprint density at radius 1 is 1.33 bits per heavy atom. The molecule has 0 saturated heterocycles. The van der Waals surface area contributed by atoms with Gasteiger partial charge in [-0.1, -0.05) is 0 Å². The highest BCUT2D eigenvalue weighted by atomic mass is 32.2. The van der Waals surface area contributed by atoms with Crippen LogP contribution in [0.4, 0.5) is 11.4 Å². The normalized spacial score (nSPS) is 22.7. The number of ether oxygens (including phenoxy) is 1. The van der Waals surface area contributed by atoms with E-state index in [1.807, 2.05) is 0 Å². The van der Waals surface area contributed by atoms with Gasteiger partial charge in [0.25, 0.3) is 0 Å². The van der Waals surface area contributed by atoms with Gasteiger partial charge in [0.2, 0.25) is 10.0 Å². The number of hydrogen-bond acceptors (Lipinski definition) is 5. The smallest absolute Gasteiger partial charge is 0.242 e. The molecule has 7 heteroatoms. The lowest BCUT2D eigenvalue weighted by molar-refractivity contribution is 0.108. The molecule has 1 aromatic carbocycles. The lowest BCUT2D eigenvalue weighted by atomic mass is 10.2. The molecule has 1 aromatic rings. The van der Waals surface area contributed by atoms with Crippen LogP contribution < -0.4 is 11.1 Å². The number of benzene rings is 1. The molecule has 0 amide bonds. The zero-order chi connectivity index (χ0) is 15.6. The number of nitrogens with two attached hydrogens (primary N) is 1. The lowest BCUT2D eigenvalue weighted by Crippen LogP contribution is -2.23. The third-order valence-corrected chi connectivity index (χ3v) is 5.69. The second-order valence-electron chi connectivity index (χ2n) is 5.55. The topological polar surface area (TPSA) is 84.7 Å². The Morgan fingerprint density at radius 3 is 2.62 bits per heavy atom. The number of hydrogen-bond donors (Lipinski definition) is 2. The summed E-state index contributed by atoms with van der Waals surface area (Å²) in [7, 11) is 1.29. The van der Waals surface area contributed by atoms with Crippen molar-refractivity contribution in [1.29, 1.82) is 0 Å². The Bertz CT molecular complexity index is 601. The minimum atomic E-state index is -3.45. The van der Waals surface area contributed by atoms with E-state index in [1.165, 1.54) is 24.5 Å². The molecule has 1 aliphatic carbocycles. The van der Waals surface area contributed by atoms with Crippen LogP contribution in [0.25, 0.3) is 0 Å². The van der Waals surface area contributed by atoms with E-state index in [9.17, 15) is 8.42 Å². The van der Waals surface area contributed by atoms with Gasteiger partial charge in [-0.05, 0) is 37.5 Å². The molecule has 2 unspecified atom stereocenters. The summed E-state index contributed by atoms with van der Waals surface area (Å²) in [6.07, 6.45) is 3.16. The van der Waals surface area contributed by atoms with E-state index >= 15 is 0 Å². The quantitative estimate of drug-likeness (QED) is 0.805. The van der Waals surface area contributed by atoms with Crippen LogP contribution in [0.15, 0.2) is 23.1 Å². The van der Waals surface area contributed by atoms with Gasteiger partial charge in [-0.25, -0.2) is 12.7 Å². The number of nitrogens with one attached hydrogen (secondary N) is 1. The standard InChI is InChI=1S/C14H23N3O3S/c1-17(2)21(18,19)12-6-7-13(15)14(9-12)16-10-4-5-11(8-10)20-3/h6-7,9-11,16H,4-5,8,15H2,1-3H3. The maximum absolute atomic E-state index is 12.2. The van der Waals surface area contributed by atoms with Crippen molar-refractivity contribution < 1.29 is 13.2 Å². The predicted octanol–water partition coefficient (Wildman–Crippen LogP) is 1.50. The van der Waals surface area contributed by atoms with Gasteiger partial charge in [-0.3, -0.25) is 0 Å². The van der Waals surface area contributed by atoms with Gasteiger partial charge in [0.15, 0.2) is 0 Å². The zero-order valence-electron chi connectivity index (χ0n) is 12.7. The van der Waals surface area contributed by atoms with Crippen molar-refractivity contribution >= 4 is 21.4 Å². The number of methoxy groups -OCH3 is 1. The first-order valence-electron chi connectivity index (χ1n) is 6.96. The van der Waals surface area contributed by atoms with Gasteiger partial charge in [-0.15, -0.1) is 0 Å². The van der Waals surface area contributed by atoms with E-state index in [0.717, 1.165) is 19.3 Å². The first-order chi connectivity index (χ1) is 9.84. The highest BCUT2D eigenvalue weighted by molar-refractivity contribution is 7.89. The molecule has 1 aliphatic rings. The third kappa shape index (κ3) is 3.48.